The average molecular weight is 307 g/mol. The zero-order valence-electron chi connectivity index (χ0n) is 10.7. The van der Waals surface area contributed by atoms with Crippen LogP contribution in [0.3, 0.4) is 0 Å². The molecule has 0 fully saturated rings. The molecule has 0 spiro atoms. The van der Waals surface area contributed by atoms with E-state index in [1.165, 1.54) is 18.3 Å². The molecule has 0 radical (unpaired) electrons. The highest BCUT2D eigenvalue weighted by Gasteiger charge is 2.06. The molecule has 0 amide bonds. The standard InChI is InChI=1S/C13H11ClN4O3/c14-6-13(19)9-5-11(15-7-9)8-16-17-10-1-3-12(4-2-10)18(20)21/h1-5,7-8,15,17H,6H2/b16-8-. The minimum atomic E-state index is -0.471. The number of rotatable bonds is 6. The van der Waals surface area contributed by atoms with E-state index >= 15 is 0 Å². The van der Waals surface area contributed by atoms with Crippen molar-refractivity contribution in [1.82, 2.24) is 4.98 Å². The maximum Gasteiger partial charge on any atom is 0.269 e. The number of anilines is 1. The summed E-state index contributed by atoms with van der Waals surface area (Å²) in [6, 6.07) is 7.48. The fourth-order valence-corrected chi connectivity index (χ4v) is 1.71. The molecule has 2 rings (SSSR count). The highest BCUT2D eigenvalue weighted by molar-refractivity contribution is 6.30. The van der Waals surface area contributed by atoms with E-state index in [0.29, 0.717) is 16.9 Å². The van der Waals surface area contributed by atoms with Gasteiger partial charge in [-0.15, -0.1) is 11.6 Å². The molecule has 1 aromatic carbocycles. The van der Waals surface area contributed by atoms with Crippen molar-refractivity contribution in [2.75, 3.05) is 11.3 Å². The third-order valence-electron chi connectivity index (χ3n) is 2.62. The number of aromatic nitrogens is 1. The molecule has 1 aromatic heterocycles. The second-order valence-corrected chi connectivity index (χ2v) is 4.34. The molecule has 0 atom stereocenters. The van der Waals surface area contributed by atoms with Crippen LogP contribution in [0.25, 0.3) is 0 Å². The Morgan fingerprint density at radius 3 is 2.76 bits per heavy atom. The zero-order chi connectivity index (χ0) is 15.2. The van der Waals surface area contributed by atoms with Crippen molar-refractivity contribution in [2.24, 2.45) is 5.10 Å². The quantitative estimate of drug-likeness (QED) is 0.282. The predicted octanol–water partition coefficient (Wildman–Crippen LogP) is 2.79. The van der Waals surface area contributed by atoms with Crippen LogP contribution >= 0.6 is 11.6 Å². The Kier molecular flexibility index (Phi) is 4.68. The van der Waals surface area contributed by atoms with Gasteiger partial charge in [0.1, 0.15) is 0 Å². The Morgan fingerprint density at radius 2 is 2.14 bits per heavy atom. The van der Waals surface area contributed by atoms with Crippen LogP contribution in [0.1, 0.15) is 16.1 Å². The van der Waals surface area contributed by atoms with Gasteiger partial charge >= 0.3 is 0 Å². The smallest absolute Gasteiger partial charge is 0.269 e. The number of alkyl halides is 1. The zero-order valence-corrected chi connectivity index (χ0v) is 11.5. The average Bonchev–Trinajstić information content (AvgIpc) is 2.96. The SMILES string of the molecule is O=C(CCl)c1c[nH]c(/C=N\Nc2ccc([N+](=O)[O-])cc2)c1. The van der Waals surface area contributed by atoms with Crippen molar-refractivity contribution in [3.63, 3.8) is 0 Å². The summed E-state index contributed by atoms with van der Waals surface area (Å²) in [5.41, 5.74) is 4.48. The monoisotopic (exact) mass is 306 g/mol. The summed E-state index contributed by atoms with van der Waals surface area (Å²) in [6.07, 6.45) is 3.05. The van der Waals surface area contributed by atoms with Gasteiger partial charge in [0.15, 0.2) is 5.78 Å². The number of H-pyrrole nitrogens is 1. The van der Waals surface area contributed by atoms with Crippen molar-refractivity contribution in [3.8, 4) is 0 Å². The Bertz CT molecular complexity index is 679. The molecule has 0 bridgehead atoms. The van der Waals surface area contributed by atoms with E-state index in [2.05, 4.69) is 15.5 Å². The first-order valence-electron chi connectivity index (χ1n) is 5.91. The van der Waals surface area contributed by atoms with Crippen LogP contribution in [-0.4, -0.2) is 27.8 Å². The number of hydrazone groups is 1. The number of halogens is 1. The van der Waals surface area contributed by atoms with E-state index in [1.807, 2.05) is 0 Å². The molecular formula is C13H11ClN4O3. The number of nitro groups is 1. The highest BCUT2D eigenvalue weighted by atomic mass is 35.5. The molecular weight excluding hydrogens is 296 g/mol. The topological polar surface area (TPSA) is 100 Å². The summed E-state index contributed by atoms with van der Waals surface area (Å²) in [4.78, 5) is 24.3. The van der Waals surface area contributed by atoms with Crippen LogP contribution in [-0.2, 0) is 0 Å². The van der Waals surface area contributed by atoms with E-state index in [1.54, 1.807) is 24.4 Å². The number of ketones is 1. The van der Waals surface area contributed by atoms with Crippen molar-refractivity contribution >= 4 is 35.0 Å². The number of Topliss-reactive ketones (excluding diaryl/α,β-unsaturated/α-hetero) is 1. The second kappa shape index (κ2) is 6.67. The van der Waals surface area contributed by atoms with E-state index in [0.717, 1.165) is 0 Å². The lowest BCUT2D eigenvalue weighted by Crippen LogP contribution is -1.97. The first-order valence-corrected chi connectivity index (χ1v) is 6.44. The van der Waals surface area contributed by atoms with E-state index < -0.39 is 4.92 Å². The van der Waals surface area contributed by atoms with Crippen molar-refractivity contribution in [1.29, 1.82) is 0 Å². The largest absolute Gasteiger partial charge is 0.360 e. The van der Waals surface area contributed by atoms with Crippen LogP contribution in [0.2, 0.25) is 0 Å². The molecule has 0 saturated carbocycles. The number of nitrogens with one attached hydrogen (secondary N) is 2. The summed E-state index contributed by atoms with van der Waals surface area (Å²) < 4.78 is 0. The van der Waals surface area contributed by atoms with Gasteiger partial charge in [-0.05, 0) is 18.2 Å². The summed E-state index contributed by atoms with van der Waals surface area (Å²) in [6.45, 7) is 0. The van der Waals surface area contributed by atoms with Crippen molar-refractivity contribution < 1.29 is 9.72 Å². The molecule has 108 valence electrons. The van der Waals surface area contributed by atoms with E-state index in [9.17, 15) is 14.9 Å². The molecule has 8 heteroatoms. The Hall–Kier alpha value is -2.67. The molecule has 0 saturated heterocycles. The lowest BCUT2D eigenvalue weighted by molar-refractivity contribution is -0.384. The van der Waals surface area contributed by atoms with Gasteiger partial charge in [0.2, 0.25) is 0 Å². The molecule has 21 heavy (non-hydrogen) atoms. The number of hydrogen-bond acceptors (Lipinski definition) is 5. The number of carbonyl (C=O) groups excluding carboxylic acids is 1. The molecule has 0 unspecified atom stereocenters. The van der Waals surface area contributed by atoms with Crippen molar-refractivity contribution in [2.45, 2.75) is 0 Å². The lowest BCUT2D eigenvalue weighted by Gasteiger charge is -1.98. The summed E-state index contributed by atoms with van der Waals surface area (Å²) >= 11 is 5.46. The number of aromatic amines is 1. The first-order chi connectivity index (χ1) is 10.1. The third kappa shape index (κ3) is 3.90. The Morgan fingerprint density at radius 1 is 1.43 bits per heavy atom. The molecule has 7 nitrogen and oxygen atoms in total. The van der Waals surface area contributed by atoms with Gasteiger partial charge in [0, 0.05) is 23.9 Å². The van der Waals surface area contributed by atoms with Crippen molar-refractivity contribution in [3.05, 3.63) is 57.9 Å². The third-order valence-corrected chi connectivity index (χ3v) is 2.87. The summed E-state index contributed by atoms with van der Waals surface area (Å²) in [5, 5.41) is 14.5. The number of benzene rings is 1. The van der Waals surface area contributed by atoms with E-state index in [4.69, 9.17) is 11.6 Å². The van der Waals surface area contributed by atoms with E-state index in [-0.39, 0.29) is 17.4 Å². The van der Waals surface area contributed by atoms with Crippen LogP contribution in [0.5, 0.6) is 0 Å². The van der Waals surface area contributed by atoms with Crippen LogP contribution in [0.4, 0.5) is 11.4 Å². The second-order valence-electron chi connectivity index (χ2n) is 4.07. The van der Waals surface area contributed by atoms with Gasteiger partial charge in [0.25, 0.3) is 5.69 Å². The number of carbonyl (C=O) groups is 1. The van der Waals surface area contributed by atoms with Gasteiger partial charge in [-0.3, -0.25) is 20.3 Å². The number of hydrogen-bond donors (Lipinski definition) is 2. The maximum atomic E-state index is 11.3. The van der Waals surface area contributed by atoms with Crippen LogP contribution in [0.15, 0.2) is 41.6 Å². The fraction of sp³-hybridized carbons (Fsp3) is 0.0769. The highest BCUT2D eigenvalue weighted by Crippen LogP contribution is 2.15. The van der Waals surface area contributed by atoms with Gasteiger partial charge in [0.05, 0.1) is 28.4 Å². The summed E-state index contributed by atoms with van der Waals surface area (Å²) in [7, 11) is 0. The molecule has 1 heterocycles. The number of nitro benzene ring substituents is 1. The normalized spacial score (nSPS) is 10.7. The van der Waals surface area contributed by atoms with Crippen LogP contribution in [0, 0.1) is 10.1 Å². The lowest BCUT2D eigenvalue weighted by atomic mass is 10.2. The molecule has 0 aliphatic carbocycles. The Labute approximate surface area is 124 Å². The predicted molar refractivity (Wildman–Crippen MR) is 80.2 cm³/mol. The first kappa shape index (κ1) is 14.7. The van der Waals surface area contributed by atoms with Gasteiger partial charge in [-0.1, -0.05) is 0 Å². The maximum absolute atomic E-state index is 11.3. The summed E-state index contributed by atoms with van der Waals surface area (Å²) in [5.74, 6) is -0.244. The number of nitrogens with zero attached hydrogens (tertiary/aromatic N) is 2. The van der Waals surface area contributed by atoms with Crippen LogP contribution < -0.4 is 5.43 Å². The molecule has 2 aromatic rings. The fourth-order valence-electron chi connectivity index (χ4n) is 1.56. The minimum Gasteiger partial charge on any atom is -0.360 e. The Balaban J connectivity index is 1.97. The van der Waals surface area contributed by atoms with Gasteiger partial charge in [-0.2, -0.15) is 5.10 Å². The molecule has 0 aliphatic heterocycles. The minimum absolute atomic E-state index is 0.0122. The molecule has 0 aliphatic rings. The molecule has 2 N–H and O–H groups in total. The number of non-ortho nitro benzene ring substituents is 1. The van der Waals surface area contributed by atoms with Gasteiger partial charge in [-0.25, -0.2) is 0 Å². The van der Waals surface area contributed by atoms with Gasteiger partial charge < -0.3 is 4.98 Å².